The van der Waals surface area contributed by atoms with Crippen molar-refractivity contribution in [2.75, 3.05) is 10.6 Å². The zero-order chi connectivity index (χ0) is 20.8. The molecule has 6 nitrogen and oxygen atoms in total. The highest BCUT2D eigenvalue weighted by Crippen LogP contribution is 2.19. The molecule has 2 aromatic carbocycles. The van der Waals surface area contributed by atoms with Gasteiger partial charge in [-0.15, -0.1) is 0 Å². The summed E-state index contributed by atoms with van der Waals surface area (Å²) < 4.78 is 13.7. The maximum Gasteiger partial charge on any atom is 0.256 e. The minimum absolute atomic E-state index is 0.0544. The molecule has 7 heteroatoms. The van der Waals surface area contributed by atoms with Crippen molar-refractivity contribution in [2.24, 2.45) is 0 Å². The molecule has 1 heterocycles. The van der Waals surface area contributed by atoms with Crippen LogP contribution in [0, 0.1) is 5.82 Å². The molecular weight excluding hydrogens is 369 g/mol. The zero-order valence-electron chi connectivity index (χ0n) is 16.5. The molecule has 0 aliphatic carbocycles. The number of rotatable bonds is 7. The van der Waals surface area contributed by atoms with Crippen LogP contribution in [0.3, 0.4) is 0 Å². The Morgan fingerprint density at radius 3 is 2.48 bits per heavy atom. The van der Waals surface area contributed by atoms with E-state index in [0.29, 0.717) is 18.1 Å². The molecule has 3 aromatic rings. The molecule has 150 valence electrons. The number of hydrogen-bond donors (Lipinski definition) is 2. The summed E-state index contributed by atoms with van der Waals surface area (Å²) in [6, 6.07) is 16.4. The average molecular weight is 393 g/mol. The lowest BCUT2D eigenvalue weighted by molar-refractivity contribution is 0.0951. The van der Waals surface area contributed by atoms with E-state index in [1.165, 1.54) is 12.3 Å². The number of amides is 1. The molecule has 0 atom stereocenters. The lowest BCUT2D eigenvalue weighted by Gasteiger charge is -2.27. The number of halogens is 1. The van der Waals surface area contributed by atoms with E-state index in [-0.39, 0.29) is 29.8 Å². The smallest absolute Gasteiger partial charge is 0.256 e. The lowest BCUT2D eigenvalue weighted by atomic mass is 10.2. The Balaban J connectivity index is 1.74. The predicted octanol–water partition coefficient (Wildman–Crippen LogP) is 3.54. The third-order valence-corrected chi connectivity index (χ3v) is 4.52. The second kappa shape index (κ2) is 9.14. The van der Waals surface area contributed by atoms with Crippen LogP contribution in [0.25, 0.3) is 0 Å². The quantitative estimate of drug-likeness (QED) is 0.641. The Hall–Kier alpha value is -3.48. The van der Waals surface area contributed by atoms with Crippen molar-refractivity contribution in [3.8, 4) is 0 Å². The van der Waals surface area contributed by atoms with Gasteiger partial charge in [-0.25, -0.2) is 9.37 Å². The fourth-order valence-corrected chi connectivity index (χ4v) is 2.88. The number of hydrogen-bond acceptors (Lipinski definition) is 5. The predicted molar refractivity (Wildman–Crippen MR) is 112 cm³/mol. The van der Waals surface area contributed by atoms with Gasteiger partial charge in [0.15, 0.2) is 0 Å². The van der Waals surface area contributed by atoms with Crippen LogP contribution in [0.15, 0.2) is 60.8 Å². The van der Waals surface area contributed by atoms with Gasteiger partial charge in [-0.2, -0.15) is 4.98 Å². The van der Waals surface area contributed by atoms with Gasteiger partial charge in [0.05, 0.1) is 5.56 Å². The minimum Gasteiger partial charge on any atom is -0.383 e. The molecule has 0 unspecified atom stereocenters. The van der Waals surface area contributed by atoms with E-state index < -0.39 is 5.91 Å². The molecule has 29 heavy (non-hydrogen) atoms. The molecule has 0 aliphatic rings. The van der Waals surface area contributed by atoms with Gasteiger partial charge < -0.3 is 16.0 Å². The van der Waals surface area contributed by atoms with Crippen molar-refractivity contribution in [3.05, 3.63) is 83.3 Å². The van der Waals surface area contributed by atoms with Gasteiger partial charge in [-0.3, -0.25) is 4.79 Å². The summed E-state index contributed by atoms with van der Waals surface area (Å²) in [7, 11) is 0. The van der Waals surface area contributed by atoms with Gasteiger partial charge in [-0.1, -0.05) is 48.5 Å². The van der Waals surface area contributed by atoms with E-state index in [9.17, 15) is 9.18 Å². The van der Waals surface area contributed by atoms with E-state index in [2.05, 4.69) is 15.3 Å². The fraction of sp³-hybridized carbons (Fsp3) is 0.227. The number of benzene rings is 2. The summed E-state index contributed by atoms with van der Waals surface area (Å²) >= 11 is 0. The van der Waals surface area contributed by atoms with Crippen LogP contribution in [0.1, 0.15) is 35.3 Å². The SMILES string of the molecule is CC(C)N(Cc1ccccc1)c1ncc(C(=O)NCc2ccccc2F)c(N)n1. The van der Waals surface area contributed by atoms with Crippen molar-refractivity contribution in [2.45, 2.75) is 33.0 Å². The third-order valence-electron chi connectivity index (χ3n) is 4.52. The number of nitrogens with two attached hydrogens (primary N) is 1. The Kier molecular flexibility index (Phi) is 6.39. The standard InChI is InChI=1S/C22H24FN5O/c1-15(2)28(14-16-8-4-3-5-9-16)22-26-13-18(20(24)27-22)21(29)25-12-17-10-6-7-11-19(17)23/h3-11,13,15H,12,14H2,1-2H3,(H,25,29)(H2,24,26,27). The fourth-order valence-electron chi connectivity index (χ4n) is 2.88. The molecule has 1 aromatic heterocycles. The summed E-state index contributed by atoms with van der Waals surface area (Å²) in [5.41, 5.74) is 7.72. The van der Waals surface area contributed by atoms with E-state index >= 15 is 0 Å². The van der Waals surface area contributed by atoms with Crippen molar-refractivity contribution in [1.29, 1.82) is 0 Å². The maximum atomic E-state index is 13.7. The van der Waals surface area contributed by atoms with Crippen LogP contribution < -0.4 is 16.0 Å². The van der Waals surface area contributed by atoms with Crippen LogP contribution in [0.5, 0.6) is 0 Å². The number of nitrogen functional groups attached to an aromatic ring is 1. The zero-order valence-corrected chi connectivity index (χ0v) is 16.5. The van der Waals surface area contributed by atoms with Gasteiger partial charge in [0.2, 0.25) is 5.95 Å². The summed E-state index contributed by atoms with van der Waals surface area (Å²) in [6.07, 6.45) is 1.41. The molecule has 3 rings (SSSR count). The van der Waals surface area contributed by atoms with Gasteiger partial charge in [-0.05, 0) is 25.5 Å². The average Bonchev–Trinajstić information content (AvgIpc) is 2.71. The topological polar surface area (TPSA) is 84.1 Å². The van der Waals surface area contributed by atoms with E-state index in [1.54, 1.807) is 18.2 Å². The third kappa shape index (κ3) is 5.07. The highest BCUT2D eigenvalue weighted by atomic mass is 19.1. The first-order valence-corrected chi connectivity index (χ1v) is 9.40. The molecule has 0 fully saturated rings. The monoisotopic (exact) mass is 393 g/mol. The number of aromatic nitrogens is 2. The van der Waals surface area contributed by atoms with Gasteiger partial charge in [0, 0.05) is 30.9 Å². The molecule has 0 radical (unpaired) electrons. The van der Waals surface area contributed by atoms with Crippen LogP contribution >= 0.6 is 0 Å². The van der Waals surface area contributed by atoms with Crippen molar-refractivity contribution in [1.82, 2.24) is 15.3 Å². The van der Waals surface area contributed by atoms with E-state index in [4.69, 9.17) is 5.73 Å². The number of carbonyl (C=O) groups is 1. The maximum absolute atomic E-state index is 13.7. The molecule has 0 aliphatic heterocycles. The second-order valence-corrected chi connectivity index (χ2v) is 6.95. The van der Waals surface area contributed by atoms with Crippen LogP contribution in [-0.4, -0.2) is 21.9 Å². The Morgan fingerprint density at radius 1 is 1.14 bits per heavy atom. The van der Waals surface area contributed by atoms with Crippen molar-refractivity contribution < 1.29 is 9.18 Å². The second-order valence-electron chi connectivity index (χ2n) is 6.95. The van der Waals surface area contributed by atoms with Crippen molar-refractivity contribution in [3.63, 3.8) is 0 Å². The van der Waals surface area contributed by atoms with Crippen molar-refractivity contribution >= 4 is 17.7 Å². The molecule has 3 N–H and O–H groups in total. The van der Waals surface area contributed by atoms with E-state index in [0.717, 1.165) is 5.56 Å². The lowest BCUT2D eigenvalue weighted by Crippen LogP contribution is -2.32. The molecule has 0 saturated heterocycles. The summed E-state index contributed by atoms with van der Waals surface area (Å²) in [4.78, 5) is 23.1. The first-order chi connectivity index (χ1) is 14.0. The largest absolute Gasteiger partial charge is 0.383 e. The van der Waals surface area contributed by atoms with Crippen LogP contribution in [-0.2, 0) is 13.1 Å². The number of carbonyl (C=O) groups excluding carboxylic acids is 1. The first kappa shape index (κ1) is 20.3. The summed E-state index contributed by atoms with van der Waals surface area (Å²) in [5, 5.41) is 2.66. The van der Waals surface area contributed by atoms with Crippen LogP contribution in [0.4, 0.5) is 16.2 Å². The normalized spacial score (nSPS) is 10.8. The Bertz CT molecular complexity index is 978. The van der Waals surface area contributed by atoms with Gasteiger partial charge in [0.1, 0.15) is 11.6 Å². The summed E-state index contributed by atoms with van der Waals surface area (Å²) in [6.45, 7) is 4.75. The minimum atomic E-state index is -0.448. The first-order valence-electron chi connectivity index (χ1n) is 9.40. The molecule has 0 saturated carbocycles. The molecule has 0 spiro atoms. The Labute approximate surface area is 169 Å². The van der Waals surface area contributed by atoms with Crippen LogP contribution in [0.2, 0.25) is 0 Å². The van der Waals surface area contributed by atoms with E-state index in [1.807, 2.05) is 49.1 Å². The number of nitrogens with zero attached hydrogens (tertiary/aromatic N) is 3. The highest BCUT2D eigenvalue weighted by Gasteiger charge is 2.18. The summed E-state index contributed by atoms with van der Waals surface area (Å²) in [5.74, 6) is -0.288. The molecular formula is C22H24FN5O. The Morgan fingerprint density at radius 2 is 1.83 bits per heavy atom. The molecule has 0 bridgehead atoms. The number of nitrogens with one attached hydrogen (secondary N) is 1. The van der Waals surface area contributed by atoms with Gasteiger partial charge >= 0.3 is 0 Å². The van der Waals surface area contributed by atoms with Gasteiger partial charge in [0.25, 0.3) is 5.91 Å². The molecule has 1 amide bonds. The number of anilines is 2. The highest BCUT2D eigenvalue weighted by molar-refractivity contribution is 5.98.